The number of hydrogen-bond acceptors (Lipinski definition) is 5. The second-order valence-electron chi connectivity index (χ2n) is 8.33. The van der Waals surface area contributed by atoms with E-state index in [1.54, 1.807) is 17.7 Å². The molecule has 2 heterocycles. The highest BCUT2D eigenvalue weighted by Crippen LogP contribution is 2.25. The van der Waals surface area contributed by atoms with Crippen LogP contribution in [0.25, 0.3) is 16.6 Å². The van der Waals surface area contributed by atoms with Gasteiger partial charge in [0.1, 0.15) is 0 Å². The molecule has 0 amide bonds. The van der Waals surface area contributed by atoms with Crippen LogP contribution >= 0.6 is 11.8 Å². The molecule has 4 aromatic rings. The Bertz CT molecular complexity index is 1400. The molecule has 0 aliphatic carbocycles. The number of ether oxygens (including phenoxy) is 1. The number of rotatable bonds is 9. The molecule has 4 rings (SSSR count). The average molecular weight is 476 g/mol. The molecule has 0 spiro atoms. The van der Waals surface area contributed by atoms with E-state index in [1.165, 1.54) is 11.8 Å². The number of aromatic nitrogens is 3. The van der Waals surface area contributed by atoms with E-state index < -0.39 is 0 Å². The van der Waals surface area contributed by atoms with Gasteiger partial charge in [-0.25, -0.2) is 4.98 Å². The van der Waals surface area contributed by atoms with Crippen molar-refractivity contribution in [2.45, 2.75) is 38.9 Å². The van der Waals surface area contributed by atoms with Gasteiger partial charge in [-0.1, -0.05) is 42.1 Å². The fourth-order valence-electron chi connectivity index (χ4n) is 4.24. The summed E-state index contributed by atoms with van der Waals surface area (Å²) < 4.78 is 8.95. The summed E-state index contributed by atoms with van der Waals surface area (Å²) in [7, 11) is 1.69. The molecule has 0 radical (unpaired) electrons. The van der Waals surface area contributed by atoms with E-state index in [0.29, 0.717) is 28.2 Å². The van der Waals surface area contributed by atoms with Gasteiger partial charge in [-0.15, -0.1) is 0 Å². The summed E-state index contributed by atoms with van der Waals surface area (Å²) in [5.74, 6) is 0.216. The summed E-state index contributed by atoms with van der Waals surface area (Å²) in [6, 6.07) is 17.0. The molecule has 0 saturated carbocycles. The summed E-state index contributed by atoms with van der Waals surface area (Å²) >= 11 is 1.30. The van der Waals surface area contributed by atoms with Gasteiger partial charge in [-0.3, -0.25) is 14.2 Å². The number of hydrogen-bond donors (Lipinski definition) is 0. The normalized spacial score (nSPS) is 11.3. The molecule has 0 N–H and O–H groups in total. The number of carbonyl (C=O) groups is 1. The number of para-hydroxylation sites is 2. The maximum atomic E-state index is 13.5. The van der Waals surface area contributed by atoms with Crippen molar-refractivity contribution in [3.63, 3.8) is 0 Å². The van der Waals surface area contributed by atoms with Crippen LogP contribution in [0.5, 0.6) is 0 Å². The Kier molecular flexibility index (Phi) is 7.34. The lowest BCUT2D eigenvalue weighted by molar-refractivity contribution is 0.102. The minimum Gasteiger partial charge on any atom is -0.385 e. The van der Waals surface area contributed by atoms with Crippen molar-refractivity contribution < 1.29 is 9.53 Å². The molecule has 34 heavy (non-hydrogen) atoms. The highest BCUT2D eigenvalue weighted by atomic mass is 32.2. The van der Waals surface area contributed by atoms with Crippen LogP contribution in [0.2, 0.25) is 0 Å². The Morgan fingerprint density at radius 3 is 2.56 bits per heavy atom. The van der Waals surface area contributed by atoms with Gasteiger partial charge < -0.3 is 9.30 Å². The molecule has 2 aromatic carbocycles. The van der Waals surface area contributed by atoms with Crippen molar-refractivity contribution in [2.24, 2.45) is 0 Å². The van der Waals surface area contributed by atoms with Crippen LogP contribution < -0.4 is 5.56 Å². The zero-order valence-corrected chi connectivity index (χ0v) is 20.8. The number of ketones is 1. The van der Waals surface area contributed by atoms with Gasteiger partial charge in [0.05, 0.1) is 22.3 Å². The lowest BCUT2D eigenvalue weighted by Crippen LogP contribution is -2.23. The van der Waals surface area contributed by atoms with Crippen LogP contribution in [0.3, 0.4) is 0 Å². The molecule has 0 atom stereocenters. The minimum atomic E-state index is -0.133. The molecular formula is C27H29N3O3S. The summed E-state index contributed by atoms with van der Waals surface area (Å²) in [6.07, 6.45) is 0.888. The highest BCUT2D eigenvalue weighted by Gasteiger charge is 2.19. The van der Waals surface area contributed by atoms with Gasteiger partial charge in [0.2, 0.25) is 0 Å². The van der Waals surface area contributed by atoms with E-state index in [2.05, 4.69) is 4.57 Å². The zero-order chi connectivity index (χ0) is 24.2. The first-order valence-corrected chi connectivity index (χ1v) is 12.3. The number of benzene rings is 2. The van der Waals surface area contributed by atoms with E-state index in [0.717, 1.165) is 35.6 Å². The number of carbonyl (C=O) groups excluding carboxylic acids is 1. The van der Waals surface area contributed by atoms with Gasteiger partial charge in [-0.05, 0) is 57.0 Å². The molecule has 2 aromatic heterocycles. The van der Waals surface area contributed by atoms with Crippen molar-refractivity contribution >= 4 is 28.4 Å². The third-order valence-electron chi connectivity index (χ3n) is 6.04. The lowest BCUT2D eigenvalue weighted by Gasteiger charge is -2.15. The first-order chi connectivity index (χ1) is 16.4. The quantitative estimate of drug-likeness (QED) is 0.145. The van der Waals surface area contributed by atoms with Crippen LogP contribution in [-0.2, 0) is 11.3 Å². The maximum absolute atomic E-state index is 13.5. The van der Waals surface area contributed by atoms with Gasteiger partial charge in [-0.2, -0.15) is 0 Å². The minimum absolute atomic E-state index is 0.0230. The van der Waals surface area contributed by atoms with Crippen molar-refractivity contribution in [1.82, 2.24) is 14.1 Å². The standard InChI is InChI=1S/C27H29N3O3S/c1-18-10-5-8-13-24(18)30-26(32)21-11-6-7-12-23(21)28-27(30)34-17-25(31)22-16-19(2)29(20(22)3)14-9-15-33-4/h5-8,10-13,16H,9,14-15,17H2,1-4H3. The number of nitrogens with zero attached hydrogens (tertiary/aromatic N) is 3. The summed E-state index contributed by atoms with van der Waals surface area (Å²) in [5, 5.41) is 1.07. The van der Waals surface area contributed by atoms with Crippen molar-refractivity contribution in [3.8, 4) is 5.69 Å². The van der Waals surface area contributed by atoms with E-state index in [9.17, 15) is 9.59 Å². The van der Waals surface area contributed by atoms with Gasteiger partial charge in [0.15, 0.2) is 10.9 Å². The monoisotopic (exact) mass is 475 g/mol. The molecule has 7 heteroatoms. The number of fused-ring (bicyclic) bond motifs is 1. The van der Waals surface area contributed by atoms with Crippen LogP contribution in [-0.4, -0.2) is 39.4 Å². The Balaban J connectivity index is 1.67. The predicted octanol–water partition coefficient (Wildman–Crippen LogP) is 5.12. The first-order valence-electron chi connectivity index (χ1n) is 11.3. The molecule has 0 fully saturated rings. The second-order valence-corrected chi connectivity index (χ2v) is 9.28. The summed E-state index contributed by atoms with van der Waals surface area (Å²) in [5.41, 5.74) is 4.97. The van der Waals surface area contributed by atoms with Crippen LogP contribution in [0.1, 0.15) is 33.7 Å². The number of methoxy groups -OCH3 is 1. The number of Topliss-reactive ketones (excluding diaryl/α,β-unsaturated/α-hetero) is 1. The van der Waals surface area contributed by atoms with Crippen molar-refractivity contribution in [3.05, 3.63) is 87.5 Å². The van der Waals surface area contributed by atoms with E-state index >= 15 is 0 Å². The number of thioether (sulfide) groups is 1. The third kappa shape index (κ3) is 4.72. The Hall–Kier alpha value is -3.16. The maximum Gasteiger partial charge on any atom is 0.266 e. The molecule has 0 bridgehead atoms. The van der Waals surface area contributed by atoms with Crippen LogP contribution in [0.4, 0.5) is 0 Å². The van der Waals surface area contributed by atoms with Gasteiger partial charge in [0, 0.05) is 37.2 Å². The van der Waals surface area contributed by atoms with Gasteiger partial charge in [0.25, 0.3) is 5.56 Å². The SMILES string of the molecule is COCCCn1c(C)cc(C(=O)CSc2nc3ccccc3c(=O)n2-c2ccccc2C)c1C. The Labute approximate surface area is 203 Å². The van der Waals surface area contributed by atoms with Gasteiger partial charge >= 0.3 is 0 Å². The molecule has 6 nitrogen and oxygen atoms in total. The van der Waals surface area contributed by atoms with Crippen LogP contribution in [0.15, 0.2) is 64.5 Å². The smallest absolute Gasteiger partial charge is 0.266 e. The molecule has 0 saturated heterocycles. The van der Waals surface area contributed by atoms with Crippen molar-refractivity contribution in [1.29, 1.82) is 0 Å². The summed E-state index contributed by atoms with van der Waals surface area (Å²) in [6.45, 7) is 7.46. The molecule has 176 valence electrons. The Morgan fingerprint density at radius 1 is 1.06 bits per heavy atom. The Morgan fingerprint density at radius 2 is 1.79 bits per heavy atom. The molecule has 0 unspecified atom stereocenters. The largest absolute Gasteiger partial charge is 0.385 e. The second kappa shape index (κ2) is 10.4. The van der Waals surface area contributed by atoms with Crippen molar-refractivity contribution in [2.75, 3.05) is 19.5 Å². The number of aryl methyl sites for hydroxylation is 2. The third-order valence-corrected chi connectivity index (χ3v) is 6.98. The van der Waals surface area contributed by atoms with E-state index in [4.69, 9.17) is 9.72 Å². The topological polar surface area (TPSA) is 66.1 Å². The van der Waals surface area contributed by atoms with Crippen LogP contribution in [0, 0.1) is 20.8 Å². The van der Waals surface area contributed by atoms with E-state index in [1.807, 2.05) is 69.3 Å². The molecule has 0 aliphatic rings. The molecule has 0 aliphatic heterocycles. The first kappa shape index (κ1) is 24.0. The summed E-state index contributed by atoms with van der Waals surface area (Å²) in [4.78, 5) is 31.4. The zero-order valence-electron chi connectivity index (χ0n) is 20.0. The molecular weight excluding hydrogens is 446 g/mol. The average Bonchev–Trinajstić information content (AvgIpc) is 3.12. The highest BCUT2D eigenvalue weighted by molar-refractivity contribution is 7.99. The lowest BCUT2D eigenvalue weighted by atomic mass is 10.2. The van der Waals surface area contributed by atoms with E-state index in [-0.39, 0.29) is 17.1 Å². The fraction of sp³-hybridized carbons (Fsp3) is 0.296. The fourth-order valence-corrected chi connectivity index (χ4v) is 5.13. The predicted molar refractivity (Wildman–Crippen MR) is 138 cm³/mol.